The normalized spacial score (nSPS) is 31.8. The minimum atomic E-state index is 0.586. The Morgan fingerprint density at radius 2 is 1.76 bits per heavy atom. The van der Waals surface area contributed by atoms with Gasteiger partial charge in [-0.25, -0.2) is 10.8 Å². The lowest BCUT2D eigenvalue weighted by Crippen LogP contribution is -2.32. The Hall–Kier alpha value is -1.35. The van der Waals surface area contributed by atoms with E-state index in [9.17, 15) is 0 Å². The van der Waals surface area contributed by atoms with Crippen molar-refractivity contribution in [3.8, 4) is 0 Å². The quantitative estimate of drug-likeness (QED) is 0.354. The Morgan fingerprint density at radius 1 is 1.12 bits per heavy atom. The molecule has 2 saturated carbocycles. The van der Waals surface area contributed by atoms with Gasteiger partial charge in [-0.1, -0.05) is 31.0 Å². The molecular formula is C14H19N3. The number of para-hydroxylation sites is 1. The van der Waals surface area contributed by atoms with Crippen LogP contribution < -0.4 is 11.3 Å². The molecule has 2 aliphatic carbocycles. The van der Waals surface area contributed by atoms with Crippen molar-refractivity contribution < 1.29 is 0 Å². The molecule has 0 aliphatic heterocycles. The van der Waals surface area contributed by atoms with Crippen LogP contribution in [0.1, 0.15) is 25.7 Å². The van der Waals surface area contributed by atoms with E-state index >= 15 is 0 Å². The molecule has 2 aliphatic rings. The number of hydrogen-bond acceptors (Lipinski definition) is 2. The van der Waals surface area contributed by atoms with Crippen molar-refractivity contribution in [2.45, 2.75) is 25.7 Å². The Labute approximate surface area is 102 Å². The molecule has 0 bridgehead atoms. The second-order valence-electron chi connectivity index (χ2n) is 5.11. The fraction of sp³-hybridized carbons (Fsp3) is 0.500. The van der Waals surface area contributed by atoms with Gasteiger partial charge in [-0.2, -0.15) is 0 Å². The maximum absolute atomic E-state index is 5.64. The molecular weight excluding hydrogens is 210 g/mol. The summed E-state index contributed by atoms with van der Waals surface area (Å²) in [5.74, 6) is 8.87. The van der Waals surface area contributed by atoms with Crippen molar-refractivity contribution in [2.75, 3.05) is 0 Å². The van der Waals surface area contributed by atoms with Crippen LogP contribution in [-0.4, -0.2) is 5.84 Å². The fourth-order valence-corrected chi connectivity index (χ4v) is 3.24. The van der Waals surface area contributed by atoms with E-state index in [1.165, 1.54) is 25.7 Å². The number of hydrazine groups is 1. The molecule has 1 aromatic carbocycles. The summed E-state index contributed by atoms with van der Waals surface area (Å²) in [7, 11) is 0. The van der Waals surface area contributed by atoms with Crippen molar-refractivity contribution in [1.29, 1.82) is 0 Å². The molecule has 0 spiro atoms. The number of fused-ring (bicyclic) bond motifs is 1. The van der Waals surface area contributed by atoms with Crippen LogP contribution in [0.5, 0.6) is 0 Å². The highest BCUT2D eigenvalue weighted by atomic mass is 15.3. The molecule has 0 heterocycles. The lowest BCUT2D eigenvalue weighted by atomic mass is 10.0. The minimum absolute atomic E-state index is 0.586. The lowest BCUT2D eigenvalue weighted by Gasteiger charge is -2.04. The third kappa shape index (κ3) is 2.07. The van der Waals surface area contributed by atoms with Crippen molar-refractivity contribution >= 4 is 11.5 Å². The number of benzene rings is 1. The Kier molecular flexibility index (Phi) is 2.85. The fourth-order valence-electron chi connectivity index (χ4n) is 3.24. The molecule has 2 fully saturated rings. The zero-order chi connectivity index (χ0) is 11.7. The van der Waals surface area contributed by atoms with Crippen LogP contribution >= 0.6 is 0 Å². The van der Waals surface area contributed by atoms with Gasteiger partial charge in [0.2, 0.25) is 0 Å². The van der Waals surface area contributed by atoms with E-state index in [0.29, 0.717) is 5.92 Å². The highest BCUT2D eigenvalue weighted by molar-refractivity contribution is 5.89. The van der Waals surface area contributed by atoms with Gasteiger partial charge in [0.15, 0.2) is 0 Å². The maximum atomic E-state index is 5.64. The number of nitrogens with one attached hydrogen (secondary N) is 1. The van der Waals surface area contributed by atoms with E-state index in [-0.39, 0.29) is 0 Å². The number of rotatable bonds is 2. The summed E-state index contributed by atoms with van der Waals surface area (Å²) >= 11 is 0. The van der Waals surface area contributed by atoms with Crippen molar-refractivity contribution in [3.63, 3.8) is 0 Å². The lowest BCUT2D eigenvalue weighted by molar-refractivity contribution is 0.480. The second kappa shape index (κ2) is 4.49. The number of nitrogens with zero attached hydrogens (tertiary/aromatic N) is 1. The molecule has 2 unspecified atom stereocenters. The summed E-state index contributed by atoms with van der Waals surface area (Å²) < 4.78 is 0. The van der Waals surface area contributed by atoms with E-state index in [1.54, 1.807) is 0 Å². The topological polar surface area (TPSA) is 50.4 Å². The number of amidine groups is 1. The van der Waals surface area contributed by atoms with Crippen molar-refractivity contribution in [1.82, 2.24) is 5.43 Å². The first-order chi connectivity index (χ1) is 8.40. The molecule has 1 aromatic rings. The largest absolute Gasteiger partial charge is 0.312 e. The summed E-state index contributed by atoms with van der Waals surface area (Å²) in [6.45, 7) is 0. The van der Waals surface area contributed by atoms with Gasteiger partial charge in [0, 0.05) is 5.92 Å². The Bertz CT molecular complexity index is 401. The summed E-state index contributed by atoms with van der Waals surface area (Å²) in [4.78, 5) is 4.64. The van der Waals surface area contributed by atoms with E-state index in [2.05, 4.69) is 10.4 Å². The summed E-state index contributed by atoms with van der Waals surface area (Å²) in [5.41, 5.74) is 3.81. The standard InChI is InChI=1S/C14H19N3/c15-17-14(16-10-6-2-1-3-7-10)13-11-8-4-5-9-12(11)13/h1-3,6-7,11-13H,4-5,8-9,15H2,(H,16,17). The molecule has 0 radical (unpaired) electrons. The Balaban J connectivity index is 1.78. The van der Waals surface area contributed by atoms with Gasteiger partial charge in [-0.05, 0) is 36.8 Å². The maximum Gasteiger partial charge on any atom is 0.120 e. The highest BCUT2D eigenvalue weighted by Gasteiger charge is 2.53. The molecule has 0 saturated heterocycles. The molecule has 2 atom stereocenters. The zero-order valence-corrected chi connectivity index (χ0v) is 9.97. The summed E-state index contributed by atoms with van der Waals surface area (Å²) in [6, 6.07) is 10.1. The zero-order valence-electron chi connectivity index (χ0n) is 9.97. The van der Waals surface area contributed by atoms with Gasteiger partial charge < -0.3 is 5.43 Å². The average molecular weight is 229 g/mol. The monoisotopic (exact) mass is 229 g/mol. The SMILES string of the molecule is NNC(=Nc1ccccc1)C1C2CCCCC21. The van der Waals surface area contributed by atoms with Gasteiger partial charge in [0.25, 0.3) is 0 Å². The average Bonchev–Trinajstić information content (AvgIpc) is 3.11. The third-order valence-electron chi connectivity index (χ3n) is 4.13. The minimum Gasteiger partial charge on any atom is -0.312 e. The molecule has 90 valence electrons. The smallest absolute Gasteiger partial charge is 0.120 e. The van der Waals surface area contributed by atoms with E-state index in [4.69, 9.17) is 5.84 Å². The highest BCUT2D eigenvalue weighted by Crippen LogP contribution is 2.55. The molecule has 3 heteroatoms. The van der Waals surface area contributed by atoms with Gasteiger partial charge >= 0.3 is 0 Å². The van der Waals surface area contributed by atoms with Gasteiger partial charge in [0.1, 0.15) is 5.84 Å². The van der Waals surface area contributed by atoms with Crippen LogP contribution in [0.4, 0.5) is 5.69 Å². The van der Waals surface area contributed by atoms with Crippen molar-refractivity contribution in [3.05, 3.63) is 30.3 Å². The van der Waals surface area contributed by atoms with Crippen LogP contribution in [0, 0.1) is 17.8 Å². The van der Waals surface area contributed by atoms with Gasteiger partial charge in [0.05, 0.1) is 5.69 Å². The molecule has 3 nitrogen and oxygen atoms in total. The van der Waals surface area contributed by atoms with E-state index < -0.39 is 0 Å². The molecule has 0 amide bonds. The predicted molar refractivity (Wildman–Crippen MR) is 69.8 cm³/mol. The molecule has 17 heavy (non-hydrogen) atoms. The molecule has 3 rings (SSSR count). The summed E-state index contributed by atoms with van der Waals surface area (Å²) in [6.07, 6.45) is 5.46. The summed E-state index contributed by atoms with van der Waals surface area (Å²) in [5, 5.41) is 0. The van der Waals surface area contributed by atoms with Gasteiger partial charge in [-0.15, -0.1) is 0 Å². The third-order valence-corrected chi connectivity index (χ3v) is 4.13. The van der Waals surface area contributed by atoms with Crippen LogP contribution in [0.25, 0.3) is 0 Å². The number of aliphatic imine (C=N–C) groups is 1. The van der Waals surface area contributed by atoms with Crippen molar-refractivity contribution in [2.24, 2.45) is 28.6 Å². The first kappa shape index (κ1) is 10.8. The first-order valence-electron chi connectivity index (χ1n) is 6.50. The predicted octanol–water partition coefficient (Wildman–Crippen LogP) is 2.62. The van der Waals surface area contributed by atoms with E-state index in [1.807, 2.05) is 30.3 Å². The molecule has 3 N–H and O–H groups in total. The first-order valence-corrected chi connectivity index (χ1v) is 6.50. The molecule has 0 aromatic heterocycles. The number of hydrogen-bond donors (Lipinski definition) is 2. The second-order valence-corrected chi connectivity index (χ2v) is 5.11. The van der Waals surface area contributed by atoms with Crippen LogP contribution in [0.3, 0.4) is 0 Å². The Morgan fingerprint density at radius 3 is 2.35 bits per heavy atom. The van der Waals surface area contributed by atoms with Gasteiger partial charge in [-0.3, -0.25) is 0 Å². The number of nitrogens with two attached hydrogens (primary N) is 1. The van der Waals surface area contributed by atoms with Crippen LogP contribution in [-0.2, 0) is 0 Å². The van der Waals surface area contributed by atoms with E-state index in [0.717, 1.165) is 23.4 Å². The van der Waals surface area contributed by atoms with Crippen LogP contribution in [0.15, 0.2) is 35.3 Å². The van der Waals surface area contributed by atoms with Crippen LogP contribution in [0.2, 0.25) is 0 Å².